The van der Waals surface area contributed by atoms with E-state index in [1.807, 2.05) is 6.92 Å². The van der Waals surface area contributed by atoms with Crippen LogP contribution in [0.15, 0.2) is 10.9 Å². The number of hydrogen-bond acceptors (Lipinski definition) is 7. The highest BCUT2D eigenvalue weighted by molar-refractivity contribution is 5.54. The Bertz CT molecular complexity index is 481. The molecule has 0 aliphatic rings. The van der Waals surface area contributed by atoms with Crippen molar-refractivity contribution in [3.63, 3.8) is 0 Å². The van der Waals surface area contributed by atoms with Gasteiger partial charge in [0.05, 0.1) is 6.54 Å². The summed E-state index contributed by atoms with van der Waals surface area (Å²) < 4.78 is 4.62. The zero-order chi connectivity index (χ0) is 11.5. The molecule has 3 N–H and O–H groups in total. The molecule has 7 nitrogen and oxygen atoms in total. The normalized spacial score (nSPS) is 10.4. The zero-order valence-corrected chi connectivity index (χ0v) is 9.06. The van der Waals surface area contributed by atoms with E-state index in [1.165, 1.54) is 6.39 Å². The van der Waals surface area contributed by atoms with Crippen LogP contribution in [0.2, 0.25) is 0 Å². The van der Waals surface area contributed by atoms with Crippen molar-refractivity contribution in [1.29, 1.82) is 0 Å². The Balaban J connectivity index is 2.15. The van der Waals surface area contributed by atoms with Crippen molar-refractivity contribution in [2.45, 2.75) is 20.4 Å². The van der Waals surface area contributed by atoms with E-state index in [-0.39, 0.29) is 0 Å². The van der Waals surface area contributed by atoms with Gasteiger partial charge >= 0.3 is 0 Å². The van der Waals surface area contributed by atoms with Gasteiger partial charge in [-0.15, -0.1) is 0 Å². The summed E-state index contributed by atoms with van der Waals surface area (Å²) in [6.07, 6.45) is 1.28. The maximum absolute atomic E-state index is 5.73. The fraction of sp³-hybridized carbons (Fsp3) is 0.333. The number of nitrogens with two attached hydrogens (primary N) is 1. The van der Waals surface area contributed by atoms with E-state index in [9.17, 15) is 0 Å². The van der Waals surface area contributed by atoms with Crippen molar-refractivity contribution in [1.82, 2.24) is 20.1 Å². The second-order valence-electron chi connectivity index (χ2n) is 3.33. The molecule has 0 fully saturated rings. The second-order valence-corrected chi connectivity index (χ2v) is 3.33. The van der Waals surface area contributed by atoms with E-state index in [0.717, 1.165) is 5.56 Å². The molecule has 2 aromatic heterocycles. The SMILES string of the molecule is Cc1nc(N)c(C)c(NCc2ncon2)n1. The molecule has 0 aliphatic carbocycles. The smallest absolute Gasteiger partial charge is 0.213 e. The lowest BCUT2D eigenvalue weighted by Crippen LogP contribution is -2.08. The minimum absolute atomic E-state index is 0.438. The highest BCUT2D eigenvalue weighted by atomic mass is 16.5. The number of aryl methyl sites for hydroxylation is 1. The summed E-state index contributed by atoms with van der Waals surface area (Å²) in [5.74, 6) is 2.35. The van der Waals surface area contributed by atoms with Gasteiger partial charge in [0.2, 0.25) is 6.39 Å². The number of nitrogen functional groups attached to an aromatic ring is 1. The summed E-state index contributed by atoms with van der Waals surface area (Å²) in [6, 6.07) is 0. The molecule has 0 unspecified atom stereocenters. The monoisotopic (exact) mass is 220 g/mol. The predicted molar refractivity (Wildman–Crippen MR) is 57.5 cm³/mol. The van der Waals surface area contributed by atoms with Crippen molar-refractivity contribution in [2.24, 2.45) is 0 Å². The molecule has 0 radical (unpaired) electrons. The molecule has 0 amide bonds. The molecule has 16 heavy (non-hydrogen) atoms. The third kappa shape index (κ3) is 2.08. The molecule has 0 aromatic carbocycles. The molecule has 0 saturated carbocycles. The fourth-order valence-corrected chi connectivity index (χ4v) is 1.26. The minimum Gasteiger partial charge on any atom is -0.383 e. The standard InChI is InChI=1S/C9H12N6O/c1-5-8(10)13-6(2)14-9(5)11-3-7-12-4-16-15-7/h4H,3H2,1-2H3,(H3,10,11,13,14). The van der Waals surface area contributed by atoms with Crippen LogP contribution in [0, 0.1) is 13.8 Å². The molecule has 0 aliphatic heterocycles. The third-order valence-electron chi connectivity index (χ3n) is 2.12. The van der Waals surface area contributed by atoms with Crippen LogP contribution in [-0.4, -0.2) is 20.1 Å². The van der Waals surface area contributed by atoms with Gasteiger partial charge in [0, 0.05) is 5.56 Å². The maximum Gasteiger partial charge on any atom is 0.213 e. The van der Waals surface area contributed by atoms with Gasteiger partial charge in [-0.05, 0) is 13.8 Å². The van der Waals surface area contributed by atoms with Crippen molar-refractivity contribution in [3.05, 3.63) is 23.6 Å². The summed E-state index contributed by atoms with van der Waals surface area (Å²) in [4.78, 5) is 12.2. The van der Waals surface area contributed by atoms with Gasteiger partial charge in [-0.3, -0.25) is 0 Å². The Kier molecular flexibility index (Phi) is 2.67. The van der Waals surface area contributed by atoms with Crippen molar-refractivity contribution >= 4 is 11.6 Å². The zero-order valence-electron chi connectivity index (χ0n) is 9.06. The number of aromatic nitrogens is 4. The Labute approximate surface area is 92.1 Å². The van der Waals surface area contributed by atoms with Crippen LogP contribution in [0.25, 0.3) is 0 Å². The minimum atomic E-state index is 0.438. The quantitative estimate of drug-likeness (QED) is 0.783. The Morgan fingerprint density at radius 3 is 2.88 bits per heavy atom. The van der Waals surface area contributed by atoms with E-state index in [4.69, 9.17) is 5.73 Å². The average molecular weight is 220 g/mol. The van der Waals surface area contributed by atoms with Gasteiger partial charge < -0.3 is 15.6 Å². The molecule has 0 atom stereocenters. The molecule has 0 spiro atoms. The molecular formula is C9H12N6O. The lowest BCUT2D eigenvalue weighted by molar-refractivity contribution is 0.411. The molecule has 2 heterocycles. The molecular weight excluding hydrogens is 208 g/mol. The van der Waals surface area contributed by atoms with Gasteiger partial charge in [-0.1, -0.05) is 5.16 Å². The first-order valence-corrected chi connectivity index (χ1v) is 4.76. The highest BCUT2D eigenvalue weighted by Crippen LogP contribution is 2.17. The van der Waals surface area contributed by atoms with Crippen LogP contribution in [0.3, 0.4) is 0 Å². The van der Waals surface area contributed by atoms with Crippen LogP contribution in [0.4, 0.5) is 11.6 Å². The first-order valence-electron chi connectivity index (χ1n) is 4.76. The van der Waals surface area contributed by atoms with Crippen molar-refractivity contribution < 1.29 is 4.52 Å². The number of rotatable bonds is 3. The van der Waals surface area contributed by atoms with Crippen LogP contribution in [0.1, 0.15) is 17.2 Å². The largest absolute Gasteiger partial charge is 0.383 e. The first-order chi connectivity index (χ1) is 7.66. The lowest BCUT2D eigenvalue weighted by Gasteiger charge is -2.08. The van der Waals surface area contributed by atoms with E-state index in [2.05, 4.69) is 29.9 Å². The topological polar surface area (TPSA) is 103 Å². The van der Waals surface area contributed by atoms with E-state index < -0.39 is 0 Å². The van der Waals surface area contributed by atoms with Gasteiger partial charge in [-0.2, -0.15) is 4.98 Å². The first kappa shape index (κ1) is 10.3. The molecule has 2 rings (SSSR count). The predicted octanol–water partition coefficient (Wildman–Crippen LogP) is 0.671. The number of anilines is 2. The van der Waals surface area contributed by atoms with Crippen LogP contribution < -0.4 is 11.1 Å². The summed E-state index contributed by atoms with van der Waals surface area (Å²) in [6.45, 7) is 4.08. The molecule has 7 heteroatoms. The fourth-order valence-electron chi connectivity index (χ4n) is 1.26. The van der Waals surface area contributed by atoms with Gasteiger partial charge in [0.15, 0.2) is 5.82 Å². The summed E-state index contributed by atoms with van der Waals surface area (Å²) >= 11 is 0. The lowest BCUT2D eigenvalue weighted by atomic mass is 10.3. The van der Waals surface area contributed by atoms with Crippen molar-refractivity contribution in [3.8, 4) is 0 Å². The number of nitrogens with one attached hydrogen (secondary N) is 1. The summed E-state index contributed by atoms with van der Waals surface area (Å²) in [5, 5.41) is 6.76. The van der Waals surface area contributed by atoms with Gasteiger partial charge in [0.1, 0.15) is 17.5 Å². The molecule has 84 valence electrons. The Morgan fingerprint density at radius 2 is 2.19 bits per heavy atom. The number of hydrogen-bond donors (Lipinski definition) is 2. The maximum atomic E-state index is 5.73. The van der Waals surface area contributed by atoms with E-state index >= 15 is 0 Å². The second kappa shape index (κ2) is 4.13. The van der Waals surface area contributed by atoms with Gasteiger partial charge in [0.25, 0.3) is 0 Å². The van der Waals surface area contributed by atoms with Crippen LogP contribution in [-0.2, 0) is 6.54 Å². The molecule has 2 aromatic rings. The van der Waals surface area contributed by atoms with Crippen LogP contribution >= 0.6 is 0 Å². The highest BCUT2D eigenvalue weighted by Gasteiger charge is 2.07. The molecule has 0 saturated heterocycles. The summed E-state index contributed by atoms with van der Waals surface area (Å²) in [7, 11) is 0. The Morgan fingerprint density at radius 1 is 1.38 bits per heavy atom. The Hall–Kier alpha value is -2.18. The van der Waals surface area contributed by atoms with Crippen LogP contribution in [0.5, 0.6) is 0 Å². The van der Waals surface area contributed by atoms with E-state index in [1.54, 1.807) is 6.92 Å². The summed E-state index contributed by atoms with van der Waals surface area (Å²) in [5.41, 5.74) is 6.54. The molecule has 0 bridgehead atoms. The van der Waals surface area contributed by atoms with Gasteiger partial charge in [-0.25, -0.2) is 9.97 Å². The number of nitrogens with zero attached hydrogens (tertiary/aromatic N) is 4. The van der Waals surface area contributed by atoms with E-state index in [0.29, 0.717) is 29.8 Å². The average Bonchev–Trinajstić information content (AvgIpc) is 2.74. The third-order valence-corrected chi connectivity index (χ3v) is 2.12. The van der Waals surface area contributed by atoms with Crippen molar-refractivity contribution in [2.75, 3.05) is 11.1 Å².